The molecule has 1 saturated heterocycles. The van der Waals surface area contributed by atoms with Gasteiger partial charge < -0.3 is 10.5 Å². The summed E-state index contributed by atoms with van der Waals surface area (Å²) in [6, 6.07) is -0.479. The van der Waals surface area contributed by atoms with Gasteiger partial charge in [-0.25, -0.2) is 5.84 Å². The largest absolute Gasteiger partial charge is 0.381 e. The average Bonchev–Trinajstić information content (AvgIpc) is 2.18. The molecular formula is C8H17N3O2. The molecule has 0 aromatic carbocycles. The summed E-state index contributed by atoms with van der Waals surface area (Å²) in [4.78, 5) is 11.0. The molecule has 1 fully saturated rings. The number of hydrogen-bond donors (Lipinski definition) is 3. The molecule has 13 heavy (non-hydrogen) atoms. The van der Waals surface area contributed by atoms with Crippen LogP contribution in [0.4, 0.5) is 0 Å². The number of nitrogens with two attached hydrogens (primary N) is 2. The third-order valence-corrected chi connectivity index (χ3v) is 2.41. The minimum Gasteiger partial charge on any atom is -0.381 e. The van der Waals surface area contributed by atoms with Gasteiger partial charge in [0, 0.05) is 13.2 Å². The molecule has 1 aliphatic rings. The zero-order valence-electron chi connectivity index (χ0n) is 7.66. The number of hydrogen-bond acceptors (Lipinski definition) is 4. The first kappa shape index (κ1) is 10.4. The van der Waals surface area contributed by atoms with Gasteiger partial charge in [-0.1, -0.05) is 0 Å². The summed E-state index contributed by atoms with van der Waals surface area (Å²) in [5.41, 5.74) is 7.68. The molecule has 0 aliphatic carbocycles. The van der Waals surface area contributed by atoms with Gasteiger partial charge in [0.05, 0.1) is 6.04 Å². The van der Waals surface area contributed by atoms with Crippen molar-refractivity contribution < 1.29 is 9.53 Å². The van der Waals surface area contributed by atoms with Crippen molar-refractivity contribution in [3.05, 3.63) is 0 Å². The lowest BCUT2D eigenvalue weighted by atomic mass is 9.93. The highest BCUT2D eigenvalue weighted by Crippen LogP contribution is 2.19. The van der Waals surface area contributed by atoms with Crippen LogP contribution in [0.25, 0.3) is 0 Å². The van der Waals surface area contributed by atoms with Gasteiger partial charge in [-0.05, 0) is 25.2 Å². The molecule has 1 unspecified atom stereocenters. The van der Waals surface area contributed by atoms with E-state index in [1.807, 2.05) is 0 Å². The van der Waals surface area contributed by atoms with Crippen LogP contribution in [0, 0.1) is 5.92 Å². The number of ether oxygens (including phenoxy) is 1. The van der Waals surface area contributed by atoms with Crippen molar-refractivity contribution in [2.24, 2.45) is 17.5 Å². The molecule has 1 heterocycles. The number of nitrogens with one attached hydrogen (secondary N) is 1. The Morgan fingerprint density at radius 1 is 1.54 bits per heavy atom. The molecule has 5 N–H and O–H groups in total. The lowest BCUT2D eigenvalue weighted by Gasteiger charge is -2.23. The fourth-order valence-electron chi connectivity index (χ4n) is 1.56. The van der Waals surface area contributed by atoms with Crippen molar-refractivity contribution in [1.82, 2.24) is 5.43 Å². The van der Waals surface area contributed by atoms with Crippen molar-refractivity contribution in [2.45, 2.75) is 25.3 Å². The minimum absolute atomic E-state index is 0.286. The monoisotopic (exact) mass is 187 g/mol. The predicted molar refractivity (Wildman–Crippen MR) is 48.5 cm³/mol. The third-order valence-electron chi connectivity index (χ3n) is 2.41. The van der Waals surface area contributed by atoms with Crippen LogP contribution in [-0.2, 0) is 9.53 Å². The quantitative estimate of drug-likeness (QED) is 0.304. The Bertz CT molecular complexity index is 169. The molecule has 1 rings (SSSR count). The molecule has 0 spiro atoms. The highest BCUT2D eigenvalue weighted by Gasteiger charge is 2.20. The van der Waals surface area contributed by atoms with Crippen molar-refractivity contribution in [1.29, 1.82) is 0 Å². The van der Waals surface area contributed by atoms with Gasteiger partial charge in [-0.3, -0.25) is 10.2 Å². The molecule has 1 atom stereocenters. The molecule has 1 amide bonds. The molecule has 76 valence electrons. The Kier molecular flexibility index (Phi) is 4.14. The SMILES string of the molecule is NNC(=O)C(N)CC1CCOCC1. The lowest BCUT2D eigenvalue weighted by molar-refractivity contribution is -0.123. The summed E-state index contributed by atoms with van der Waals surface area (Å²) < 4.78 is 5.20. The van der Waals surface area contributed by atoms with Gasteiger partial charge >= 0.3 is 0 Å². The second kappa shape index (κ2) is 5.16. The first-order chi connectivity index (χ1) is 6.24. The first-order valence-electron chi connectivity index (χ1n) is 4.58. The van der Waals surface area contributed by atoms with E-state index in [4.69, 9.17) is 16.3 Å². The second-order valence-electron chi connectivity index (χ2n) is 3.41. The number of carbonyl (C=O) groups is 1. The Morgan fingerprint density at radius 2 is 2.15 bits per heavy atom. The number of hydrazine groups is 1. The van der Waals surface area contributed by atoms with Crippen LogP contribution in [0.2, 0.25) is 0 Å². The highest BCUT2D eigenvalue weighted by atomic mass is 16.5. The molecule has 0 bridgehead atoms. The van der Waals surface area contributed by atoms with Crippen LogP contribution in [0.5, 0.6) is 0 Å². The van der Waals surface area contributed by atoms with Crippen molar-refractivity contribution in [2.75, 3.05) is 13.2 Å². The molecule has 0 saturated carbocycles. The summed E-state index contributed by atoms with van der Waals surface area (Å²) in [7, 11) is 0. The van der Waals surface area contributed by atoms with E-state index in [2.05, 4.69) is 5.43 Å². The molecule has 0 aromatic heterocycles. The Labute approximate surface area is 77.8 Å². The summed E-state index contributed by atoms with van der Waals surface area (Å²) in [5.74, 6) is 5.19. The van der Waals surface area contributed by atoms with Crippen LogP contribution < -0.4 is 17.0 Å². The molecule has 0 radical (unpaired) electrons. The second-order valence-corrected chi connectivity index (χ2v) is 3.41. The maximum absolute atomic E-state index is 11.0. The normalized spacial score (nSPS) is 21.1. The fraction of sp³-hybridized carbons (Fsp3) is 0.875. The first-order valence-corrected chi connectivity index (χ1v) is 4.58. The van der Waals surface area contributed by atoms with E-state index in [1.165, 1.54) is 0 Å². The Hall–Kier alpha value is -0.650. The topological polar surface area (TPSA) is 90.4 Å². The van der Waals surface area contributed by atoms with Gasteiger partial charge in [-0.2, -0.15) is 0 Å². The van der Waals surface area contributed by atoms with Gasteiger partial charge in [-0.15, -0.1) is 0 Å². The minimum atomic E-state index is -0.479. The lowest BCUT2D eigenvalue weighted by Crippen LogP contribution is -2.45. The van der Waals surface area contributed by atoms with Crippen LogP contribution in [0.1, 0.15) is 19.3 Å². The van der Waals surface area contributed by atoms with E-state index in [0.29, 0.717) is 12.3 Å². The number of carbonyl (C=O) groups excluding carboxylic acids is 1. The molecule has 5 heteroatoms. The summed E-state index contributed by atoms with van der Waals surface area (Å²) >= 11 is 0. The maximum Gasteiger partial charge on any atom is 0.250 e. The number of rotatable bonds is 3. The van der Waals surface area contributed by atoms with Gasteiger partial charge in [0.25, 0.3) is 5.91 Å². The molecular weight excluding hydrogens is 170 g/mol. The zero-order chi connectivity index (χ0) is 9.68. The van der Waals surface area contributed by atoms with Crippen LogP contribution >= 0.6 is 0 Å². The Balaban J connectivity index is 2.25. The highest BCUT2D eigenvalue weighted by molar-refractivity contribution is 5.80. The third kappa shape index (κ3) is 3.30. The fourth-order valence-corrected chi connectivity index (χ4v) is 1.56. The van der Waals surface area contributed by atoms with Gasteiger partial charge in [0.2, 0.25) is 0 Å². The summed E-state index contributed by atoms with van der Waals surface area (Å²) in [6.07, 6.45) is 2.68. The van der Waals surface area contributed by atoms with E-state index in [0.717, 1.165) is 26.1 Å². The van der Waals surface area contributed by atoms with E-state index in [-0.39, 0.29) is 5.91 Å². The van der Waals surface area contributed by atoms with E-state index in [1.54, 1.807) is 0 Å². The van der Waals surface area contributed by atoms with E-state index < -0.39 is 6.04 Å². The van der Waals surface area contributed by atoms with Crippen LogP contribution in [0.3, 0.4) is 0 Å². The number of amides is 1. The average molecular weight is 187 g/mol. The standard InChI is InChI=1S/C8H17N3O2/c9-7(8(12)11-10)5-6-1-3-13-4-2-6/h6-7H,1-5,9-10H2,(H,11,12). The van der Waals surface area contributed by atoms with Crippen molar-refractivity contribution >= 4 is 5.91 Å². The van der Waals surface area contributed by atoms with E-state index >= 15 is 0 Å². The summed E-state index contributed by atoms with van der Waals surface area (Å²) in [5, 5.41) is 0. The van der Waals surface area contributed by atoms with Gasteiger partial charge in [0.15, 0.2) is 0 Å². The van der Waals surface area contributed by atoms with E-state index in [9.17, 15) is 4.79 Å². The molecule has 5 nitrogen and oxygen atoms in total. The smallest absolute Gasteiger partial charge is 0.250 e. The van der Waals surface area contributed by atoms with Crippen molar-refractivity contribution in [3.8, 4) is 0 Å². The molecule has 0 aromatic rings. The zero-order valence-corrected chi connectivity index (χ0v) is 7.66. The molecule has 1 aliphatic heterocycles. The Morgan fingerprint density at radius 3 is 2.69 bits per heavy atom. The predicted octanol–water partition coefficient (Wildman–Crippen LogP) is -0.880. The van der Waals surface area contributed by atoms with Crippen LogP contribution in [0.15, 0.2) is 0 Å². The maximum atomic E-state index is 11.0. The summed E-state index contributed by atoms with van der Waals surface area (Å²) in [6.45, 7) is 1.56. The van der Waals surface area contributed by atoms with Crippen molar-refractivity contribution in [3.63, 3.8) is 0 Å². The van der Waals surface area contributed by atoms with Crippen LogP contribution in [-0.4, -0.2) is 25.2 Å². The van der Waals surface area contributed by atoms with Gasteiger partial charge in [0.1, 0.15) is 0 Å².